The highest BCUT2D eigenvalue weighted by atomic mass is 16.7. The zero-order chi connectivity index (χ0) is 58.6. The van der Waals surface area contributed by atoms with Crippen molar-refractivity contribution in [3.8, 4) is 0 Å². The van der Waals surface area contributed by atoms with Gasteiger partial charge >= 0.3 is 5.97 Å². The van der Waals surface area contributed by atoms with Crippen LogP contribution < -0.4 is 0 Å². The van der Waals surface area contributed by atoms with Crippen LogP contribution in [0.5, 0.6) is 0 Å². The molecule has 2 aliphatic heterocycles. The van der Waals surface area contributed by atoms with Gasteiger partial charge in [0.15, 0.2) is 12.6 Å². The van der Waals surface area contributed by atoms with Crippen molar-refractivity contribution in [3.63, 3.8) is 0 Å². The SMILES string of the molecule is CCCCCCC/C=C\C/C=C\CCCCCCCCCCCCCC(=O)OC(COCCCCCCCCCCCCCC/C=C\CCCCCCCCCC)COC1OC(COC2OC(CO)C(O)C(O)C2O)C(O)C(O)C1O. The van der Waals surface area contributed by atoms with Crippen LogP contribution in [0.15, 0.2) is 36.5 Å². The summed E-state index contributed by atoms with van der Waals surface area (Å²) in [6, 6.07) is 0. The zero-order valence-electron chi connectivity index (χ0n) is 51.5. The number of hydrogen-bond donors (Lipinski definition) is 7. The van der Waals surface area contributed by atoms with E-state index in [1.54, 1.807) is 0 Å². The van der Waals surface area contributed by atoms with E-state index >= 15 is 0 Å². The smallest absolute Gasteiger partial charge is 0.306 e. The highest BCUT2D eigenvalue weighted by Crippen LogP contribution is 2.27. The van der Waals surface area contributed by atoms with Crippen LogP contribution in [-0.2, 0) is 33.2 Å². The van der Waals surface area contributed by atoms with Gasteiger partial charge in [0.05, 0.1) is 26.4 Å². The number of rotatable bonds is 56. The molecule has 2 aliphatic rings. The Morgan fingerprint density at radius 2 is 0.765 bits per heavy atom. The van der Waals surface area contributed by atoms with Crippen LogP contribution in [0, 0.1) is 0 Å². The summed E-state index contributed by atoms with van der Waals surface area (Å²) in [4.78, 5) is 13.1. The maximum Gasteiger partial charge on any atom is 0.306 e. The number of hydrogen-bond acceptors (Lipinski definition) is 14. The molecule has 0 amide bonds. The fourth-order valence-electron chi connectivity index (χ4n) is 10.7. The molecular formula is C67H124O14. The molecule has 14 nitrogen and oxygen atoms in total. The molecule has 0 aliphatic carbocycles. The fraction of sp³-hybridized carbons (Fsp3) is 0.896. The predicted molar refractivity (Wildman–Crippen MR) is 326 cm³/mol. The third-order valence-electron chi connectivity index (χ3n) is 16.1. The van der Waals surface area contributed by atoms with Gasteiger partial charge in [-0.1, -0.05) is 243 Å². The molecule has 0 aromatic carbocycles. The summed E-state index contributed by atoms with van der Waals surface area (Å²) in [5, 5.41) is 72.6. The fourth-order valence-corrected chi connectivity index (χ4v) is 10.7. The number of ether oxygens (including phenoxy) is 6. The molecule has 14 heteroatoms. The standard InChI is InChI=1S/C67H124O14/c1-3-5-7-9-11-13-15-17-19-21-23-25-27-29-31-33-35-37-39-41-43-45-47-49-51-76-53-56(54-77-66-65(75)63(73)61(71)58(81-66)55-78-67-64(74)62(72)60(70)57(52-68)80-67)79-59(69)50-48-46-44-42-40-38-36-34-32-30-28-26-24-22-20-18-16-14-12-10-8-6-4-2/h16,18,21-24,56-58,60-68,70-75H,3-15,17,19-20,25-55H2,1-2H3/b18-16-,23-21-,24-22-. The molecule has 0 aromatic heterocycles. The minimum atomic E-state index is -1.71. The molecule has 81 heavy (non-hydrogen) atoms. The maximum absolute atomic E-state index is 13.1. The minimum absolute atomic E-state index is 0.0632. The minimum Gasteiger partial charge on any atom is -0.457 e. The molecule has 2 heterocycles. The lowest BCUT2D eigenvalue weighted by Gasteiger charge is -2.42. The van der Waals surface area contributed by atoms with E-state index in [2.05, 4.69) is 50.3 Å². The number of aliphatic hydroxyl groups is 7. The van der Waals surface area contributed by atoms with Crippen LogP contribution >= 0.6 is 0 Å². The predicted octanol–water partition coefficient (Wildman–Crippen LogP) is 13.6. The average molecular weight is 1150 g/mol. The monoisotopic (exact) mass is 1150 g/mol. The van der Waals surface area contributed by atoms with Crippen molar-refractivity contribution in [1.82, 2.24) is 0 Å². The second kappa shape index (κ2) is 53.7. The molecule has 7 N–H and O–H groups in total. The van der Waals surface area contributed by atoms with E-state index in [1.165, 1.54) is 212 Å². The number of allylic oxidation sites excluding steroid dienone is 6. The first-order valence-corrected chi connectivity index (χ1v) is 33.6. The molecule has 0 bridgehead atoms. The van der Waals surface area contributed by atoms with Crippen LogP contribution in [0.25, 0.3) is 0 Å². The Hall–Kier alpha value is -1.79. The Balaban J connectivity index is 1.65. The summed E-state index contributed by atoms with van der Waals surface area (Å²) in [5.41, 5.74) is 0. The van der Waals surface area contributed by atoms with Crippen molar-refractivity contribution in [2.75, 3.05) is 33.0 Å². The van der Waals surface area contributed by atoms with Crippen LogP contribution in [0.2, 0.25) is 0 Å². The first-order valence-electron chi connectivity index (χ1n) is 33.6. The lowest BCUT2D eigenvalue weighted by Crippen LogP contribution is -2.61. The number of carbonyl (C=O) groups is 1. The van der Waals surface area contributed by atoms with E-state index < -0.39 is 80.7 Å². The van der Waals surface area contributed by atoms with Crippen LogP contribution in [0.1, 0.15) is 284 Å². The summed E-state index contributed by atoms with van der Waals surface area (Å²) in [6.07, 6.45) is 49.2. The third kappa shape index (κ3) is 39.5. The van der Waals surface area contributed by atoms with Gasteiger partial charge in [0.25, 0.3) is 0 Å². The van der Waals surface area contributed by atoms with Crippen molar-refractivity contribution in [1.29, 1.82) is 0 Å². The van der Waals surface area contributed by atoms with Gasteiger partial charge in [-0.2, -0.15) is 0 Å². The molecule has 2 rings (SSSR count). The van der Waals surface area contributed by atoms with E-state index in [-0.39, 0.29) is 25.6 Å². The second-order valence-electron chi connectivity index (χ2n) is 23.6. The molecule has 0 spiro atoms. The van der Waals surface area contributed by atoms with Crippen molar-refractivity contribution in [3.05, 3.63) is 36.5 Å². The highest BCUT2D eigenvalue weighted by Gasteiger charge is 2.47. The topological polar surface area (TPSA) is 214 Å². The van der Waals surface area contributed by atoms with Gasteiger partial charge in [-0.3, -0.25) is 4.79 Å². The average Bonchev–Trinajstić information content (AvgIpc) is 3.46. The summed E-state index contributed by atoms with van der Waals surface area (Å²) in [6.45, 7) is 3.73. The highest BCUT2D eigenvalue weighted by molar-refractivity contribution is 5.69. The van der Waals surface area contributed by atoms with Gasteiger partial charge in [0.1, 0.15) is 54.9 Å². The van der Waals surface area contributed by atoms with Gasteiger partial charge in [-0.25, -0.2) is 0 Å². The number of unbranched alkanes of at least 4 members (excludes halogenated alkanes) is 36. The maximum atomic E-state index is 13.1. The Morgan fingerprint density at radius 3 is 1.20 bits per heavy atom. The van der Waals surface area contributed by atoms with Crippen molar-refractivity contribution in [2.45, 2.75) is 351 Å². The molecule has 0 aromatic rings. The van der Waals surface area contributed by atoms with Gasteiger partial charge in [0, 0.05) is 13.0 Å². The Bertz CT molecular complexity index is 1480. The van der Waals surface area contributed by atoms with Crippen LogP contribution in [-0.4, -0.2) is 142 Å². The largest absolute Gasteiger partial charge is 0.457 e. The van der Waals surface area contributed by atoms with Gasteiger partial charge in [0.2, 0.25) is 0 Å². The molecule has 476 valence electrons. The Morgan fingerprint density at radius 1 is 0.407 bits per heavy atom. The Kier molecular flexibility index (Phi) is 49.9. The summed E-state index contributed by atoms with van der Waals surface area (Å²) >= 11 is 0. The van der Waals surface area contributed by atoms with E-state index in [9.17, 15) is 40.5 Å². The number of carbonyl (C=O) groups excluding carboxylic acids is 1. The van der Waals surface area contributed by atoms with E-state index in [1.807, 2.05) is 0 Å². The quantitative estimate of drug-likeness (QED) is 0.0171. The normalized spacial score (nSPS) is 23.9. The van der Waals surface area contributed by atoms with E-state index in [0.29, 0.717) is 13.0 Å². The van der Waals surface area contributed by atoms with Gasteiger partial charge in [-0.05, 0) is 70.6 Å². The summed E-state index contributed by atoms with van der Waals surface area (Å²) < 4.78 is 34.5. The van der Waals surface area contributed by atoms with E-state index in [4.69, 9.17) is 28.4 Å². The van der Waals surface area contributed by atoms with Gasteiger partial charge in [-0.15, -0.1) is 0 Å². The molecule has 11 atom stereocenters. The molecule has 11 unspecified atom stereocenters. The molecule has 0 saturated carbocycles. The summed E-state index contributed by atoms with van der Waals surface area (Å²) in [5.74, 6) is -0.373. The molecule has 2 fully saturated rings. The lowest BCUT2D eigenvalue weighted by molar-refractivity contribution is -0.332. The first kappa shape index (κ1) is 75.3. The van der Waals surface area contributed by atoms with Crippen LogP contribution in [0.4, 0.5) is 0 Å². The second-order valence-corrected chi connectivity index (χ2v) is 23.6. The first-order chi connectivity index (χ1) is 39.6. The Labute approximate surface area is 493 Å². The molecule has 0 radical (unpaired) electrons. The lowest BCUT2D eigenvalue weighted by atomic mass is 9.98. The molecule has 2 saturated heterocycles. The summed E-state index contributed by atoms with van der Waals surface area (Å²) in [7, 11) is 0. The van der Waals surface area contributed by atoms with E-state index in [0.717, 1.165) is 44.9 Å². The number of aliphatic hydroxyl groups excluding tert-OH is 7. The molecular weight excluding hydrogens is 1030 g/mol. The van der Waals surface area contributed by atoms with Gasteiger partial charge < -0.3 is 64.2 Å². The third-order valence-corrected chi connectivity index (χ3v) is 16.1. The number of esters is 1. The zero-order valence-corrected chi connectivity index (χ0v) is 51.5. The van der Waals surface area contributed by atoms with Crippen molar-refractivity contribution < 1.29 is 69.0 Å². The van der Waals surface area contributed by atoms with Crippen molar-refractivity contribution in [2.24, 2.45) is 0 Å². The van der Waals surface area contributed by atoms with Crippen LogP contribution in [0.3, 0.4) is 0 Å². The van der Waals surface area contributed by atoms with Crippen molar-refractivity contribution >= 4 is 5.97 Å².